The Morgan fingerprint density at radius 2 is 1.25 bits per heavy atom. The fourth-order valence-electron chi connectivity index (χ4n) is 3.64. The van der Waals surface area contributed by atoms with Crippen molar-refractivity contribution >= 4 is 17.9 Å². The Hall–Kier alpha value is -2.76. The van der Waals surface area contributed by atoms with Crippen LogP contribution in [-0.2, 0) is 9.48 Å². The molecule has 3 aromatic rings. The number of carbonyl (C=O) groups is 1. The first kappa shape index (κ1) is 23.9. The molecule has 1 amide bonds. The number of carbonyl (C=O) groups excluding carboxylic acids is 1. The Morgan fingerprint density at radius 3 is 1.59 bits per heavy atom. The molecule has 0 saturated carbocycles. The van der Waals surface area contributed by atoms with Crippen LogP contribution in [0.3, 0.4) is 0 Å². The molecular formula is C27H32N2O2S. The van der Waals surface area contributed by atoms with Gasteiger partial charge in [-0.1, -0.05) is 91.0 Å². The Bertz CT molecular complexity index is 876. The van der Waals surface area contributed by atoms with E-state index in [1.165, 1.54) is 16.7 Å². The number of hydrogen-bond acceptors (Lipinski definition) is 4. The van der Waals surface area contributed by atoms with Crippen molar-refractivity contribution in [3.8, 4) is 0 Å². The number of nitrogens with one attached hydrogen (secondary N) is 1. The number of thioether (sulfide) groups is 1. The molecule has 5 heteroatoms. The minimum atomic E-state index is -0.557. The molecule has 3 rings (SSSR count). The SMILES string of the molecule is CC(C)(C)OC(=O)N[C@H](CN)CSC(c1ccccc1)(c1ccccc1)c1ccccc1. The van der Waals surface area contributed by atoms with E-state index in [1.54, 1.807) is 11.8 Å². The smallest absolute Gasteiger partial charge is 0.407 e. The molecule has 0 aliphatic carbocycles. The zero-order chi connectivity index (χ0) is 23.0. The lowest BCUT2D eigenvalue weighted by Crippen LogP contribution is -2.45. The van der Waals surface area contributed by atoms with Gasteiger partial charge in [-0.2, -0.15) is 0 Å². The van der Waals surface area contributed by atoms with E-state index in [1.807, 2.05) is 39.0 Å². The first-order valence-corrected chi connectivity index (χ1v) is 11.8. The van der Waals surface area contributed by atoms with Gasteiger partial charge in [0.05, 0.1) is 10.8 Å². The molecular weight excluding hydrogens is 416 g/mol. The van der Waals surface area contributed by atoms with Gasteiger partial charge in [0.1, 0.15) is 5.60 Å². The van der Waals surface area contributed by atoms with Gasteiger partial charge < -0.3 is 15.8 Å². The minimum Gasteiger partial charge on any atom is -0.444 e. The average Bonchev–Trinajstić information content (AvgIpc) is 2.79. The molecule has 0 radical (unpaired) electrons. The minimum absolute atomic E-state index is 0.231. The van der Waals surface area contributed by atoms with E-state index in [4.69, 9.17) is 10.5 Å². The van der Waals surface area contributed by atoms with Crippen molar-refractivity contribution in [3.05, 3.63) is 108 Å². The summed E-state index contributed by atoms with van der Waals surface area (Å²) in [6.07, 6.45) is -0.446. The predicted molar refractivity (Wildman–Crippen MR) is 134 cm³/mol. The van der Waals surface area contributed by atoms with Gasteiger partial charge in [-0.05, 0) is 37.5 Å². The Kier molecular flexibility index (Phi) is 7.99. The number of hydrogen-bond donors (Lipinski definition) is 2. The molecule has 3 aromatic carbocycles. The number of rotatable bonds is 8. The maximum Gasteiger partial charge on any atom is 0.407 e. The summed E-state index contributed by atoms with van der Waals surface area (Å²) in [5.41, 5.74) is 9.02. The van der Waals surface area contributed by atoms with Crippen LogP contribution in [0.25, 0.3) is 0 Å². The van der Waals surface area contributed by atoms with Gasteiger partial charge >= 0.3 is 6.09 Å². The van der Waals surface area contributed by atoms with Crippen LogP contribution in [0.2, 0.25) is 0 Å². The Morgan fingerprint density at radius 1 is 0.844 bits per heavy atom. The fourth-order valence-corrected chi connectivity index (χ4v) is 5.22. The van der Waals surface area contributed by atoms with Gasteiger partial charge in [0, 0.05) is 12.3 Å². The fraction of sp³-hybridized carbons (Fsp3) is 0.296. The van der Waals surface area contributed by atoms with Crippen molar-refractivity contribution in [2.75, 3.05) is 12.3 Å². The molecule has 0 aliphatic rings. The molecule has 0 fully saturated rings. The lowest BCUT2D eigenvalue weighted by molar-refractivity contribution is 0.0511. The normalized spacial score (nSPS) is 12.8. The zero-order valence-electron chi connectivity index (χ0n) is 19.0. The van der Waals surface area contributed by atoms with E-state index >= 15 is 0 Å². The quantitative estimate of drug-likeness (QED) is 0.443. The van der Waals surface area contributed by atoms with E-state index in [2.05, 4.69) is 78.1 Å². The molecule has 0 saturated heterocycles. The molecule has 4 nitrogen and oxygen atoms in total. The topological polar surface area (TPSA) is 64.3 Å². The molecule has 0 aromatic heterocycles. The second kappa shape index (κ2) is 10.7. The second-order valence-electron chi connectivity index (χ2n) is 8.67. The first-order chi connectivity index (χ1) is 15.3. The van der Waals surface area contributed by atoms with Crippen LogP contribution < -0.4 is 11.1 Å². The standard InChI is InChI=1S/C27H32N2O2S/c1-26(2,3)31-25(30)29-24(19-28)20-32-27(21-13-7-4-8-14-21,22-15-9-5-10-16-22)23-17-11-6-12-18-23/h4-18,24H,19-20,28H2,1-3H3,(H,29,30)/t24-/m1/s1. The van der Waals surface area contributed by atoms with Crippen LogP contribution in [0.4, 0.5) is 4.79 Å². The molecule has 0 heterocycles. The van der Waals surface area contributed by atoms with Gasteiger partial charge in [-0.25, -0.2) is 4.79 Å². The summed E-state index contributed by atoms with van der Waals surface area (Å²) in [5.74, 6) is 0.619. The molecule has 3 N–H and O–H groups in total. The highest BCUT2D eigenvalue weighted by atomic mass is 32.2. The molecule has 0 unspecified atom stereocenters. The molecule has 0 spiro atoms. The van der Waals surface area contributed by atoms with Crippen molar-refractivity contribution < 1.29 is 9.53 Å². The zero-order valence-corrected chi connectivity index (χ0v) is 19.8. The maximum absolute atomic E-state index is 12.4. The highest BCUT2D eigenvalue weighted by Crippen LogP contribution is 2.48. The van der Waals surface area contributed by atoms with Crippen molar-refractivity contribution in [3.63, 3.8) is 0 Å². The number of nitrogens with two attached hydrogens (primary N) is 1. The summed E-state index contributed by atoms with van der Waals surface area (Å²) in [6.45, 7) is 5.87. The monoisotopic (exact) mass is 448 g/mol. The summed E-state index contributed by atoms with van der Waals surface area (Å²) < 4.78 is 4.99. The average molecular weight is 449 g/mol. The highest BCUT2D eigenvalue weighted by molar-refractivity contribution is 8.00. The van der Waals surface area contributed by atoms with E-state index in [9.17, 15) is 4.79 Å². The first-order valence-electron chi connectivity index (χ1n) is 10.9. The summed E-state index contributed by atoms with van der Waals surface area (Å²) in [5, 5.41) is 2.94. The predicted octanol–water partition coefficient (Wildman–Crippen LogP) is 5.56. The number of amides is 1. The highest BCUT2D eigenvalue weighted by Gasteiger charge is 2.37. The van der Waals surface area contributed by atoms with Gasteiger partial charge in [0.25, 0.3) is 0 Å². The Balaban J connectivity index is 1.99. The third kappa shape index (κ3) is 5.93. The van der Waals surface area contributed by atoms with Crippen molar-refractivity contribution in [2.45, 2.75) is 37.2 Å². The number of ether oxygens (including phenoxy) is 1. The van der Waals surface area contributed by atoms with Crippen LogP contribution in [0.15, 0.2) is 91.0 Å². The van der Waals surface area contributed by atoms with E-state index < -0.39 is 16.4 Å². The van der Waals surface area contributed by atoms with Crippen LogP contribution in [0.1, 0.15) is 37.5 Å². The summed E-state index contributed by atoms with van der Waals surface area (Å²) in [6, 6.07) is 31.2. The van der Waals surface area contributed by atoms with Gasteiger partial charge in [-0.15, -0.1) is 11.8 Å². The molecule has 0 bridgehead atoms. The van der Waals surface area contributed by atoms with E-state index in [0.717, 1.165) is 0 Å². The summed E-state index contributed by atoms with van der Waals surface area (Å²) in [4.78, 5) is 12.4. The maximum atomic E-state index is 12.4. The number of alkyl carbamates (subject to hydrolysis) is 1. The van der Waals surface area contributed by atoms with Crippen molar-refractivity contribution in [1.29, 1.82) is 0 Å². The van der Waals surface area contributed by atoms with Gasteiger partial charge in [0.15, 0.2) is 0 Å². The molecule has 0 aliphatic heterocycles. The van der Waals surface area contributed by atoms with Crippen LogP contribution in [0, 0.1) is 0 Å². The van der Waals surface area contributed by atoms with Crippen LogP contribution in [-0.4, -0.2) is 30.0 Å². The summed E-state index contributed by atoms with van der Waals surface area (Å²) in [7, 11) is 0. The molecule has 32 heavy (non-hydrogen) atoms. The lowest BCUT2D eigenvalue weighted by atomic mass is 9.84. The van der Waals surface area contributed by atoms with Crippen LogP contribution in [0.5, 0.6) is 0 Å². The largest absolute Gasteiger partial charge is 0.444 e. The third-order valence-corrected chi connectivity index (χ3v) is 6.76. The van der Waals surface area contributed by atoms with E-state index in [0.29, 0.717) is 12.3 Å². The van der Waals surface area contributed by atoms with Crippen molar-refractivity contribution in [2.24, 2.45) is 5.73 Å². The van der Waals surface area contributed by atoms with Crippen LogP contribution >= 0.6 is 11.8 Å². The number of benzene rings is 3. The Labute approximate surface area is 195 Å². The van der Waals surface area contributed by atoms with E-state index in [-0.39, 0.29) is 6.04 Å². The molecule has 1 atom stereocenters. The van der Waals surface area contributed by atoms with Gasteiger partial charge in [0.2, 0.25) is 0 Å². The van der Waals surface area contributed by atoms with Gasteiger partial charge in [-0.3, -0.25) is 0 Å². The third-order valence-electron chi connectivity index (χ3n) is 5.05. The lowest BCUT2D eigenvalue weighted by Gasteiger charge is -2.36. The second-order valence-corrected chi connectivity index (χ2v) is 9.90. The molecule has 168 valence electrons. The summed E-state index contributed by atoms with van der Waals surface area (Å²) >= 11 is 1.77. The van der Waals surface area contributed by atoms with Crippen molar-refractivity contribution in [1.82, 2.24) is 5.32 Å².